The summed E-state index contributed by atoms with van der Waals surface area (Å²) in [5.74, 6) is -0.0195. The van der Waals surface area contributed by atoms with Crippen molar-refractivity contribution in [3.05, 3.63) is 33.1 Å². The molecule has 2 rings (SSSR count). The van der Waals surface area contributed by atoms with E-state index >= 15 is 0 Å². The van der Waals surface area contributed by atoms with Gasteiger partial charge >= 0.3 is 5.69 Å². The number of nitrogens with zero attached hydrogens (tertiary/aromatic N) is 2. The molecule has 1 saturated heterocycles. The van der Waals surface area contributed by atoms with Gasteiger partial charge < -0.3 is 14.2 Å². The van der Waals surface area contributed by atoms with Crippen LogP contribution in [0.1, 0.15) is 32.1 Å². The SMILES string of the molecule is CN(CC[C@@H]1CCCCO1)C(=O)CCn1ccc(=O)[nH]c1=O. The van der Waals surface area contributed by atoms with Crippen molar-refractivity contribution in [3.63, 3.8) is 0 Å². The second-order valence-electron chi connectivity index (χ2n) is 5.65. The number of aryl methyl sites for hydroxylation is 1. The number of carbonyl (C=O) groups excluding carboxylic acids is 1. The van der Waals surface area contributed by atoms with Crippen molar-refractivity contribution >= 4 is 5.91 Å². The summed E-state index contributed by atoms with van der Waals surface area (Å²) in [5, 5.41) is 0. The lowest BCUT2D eigenvalue weighted by molar-refractivity contribution is -0.130. The fraction of sp³-hybridized carbons (Fsp3) is 0.667. The van der Waals surface area contributed by atoms with Gasteiger partial charge in [-0.3, -0.25) is 14.6 Å². The molecule has 1 atom stereocenters. The second-order valence-corrected chi connectivity index (χ2v) is 5.65. The van der Waals surface area contributed by atoms with Crippen LogP contribution in [0.2, 0.25) is 0 Å². The number of rotatable bonds is 6. The third kappa shape index (κ3) is 4.84. The van der Waals surface area contributed by atoms with E-state index in [1.807, 2.05) is 0 Å². The molecule has 0 radical (unpaired) electrons. The monoisotopic (exact) mass is 309 g/mol. The molecule has 0 spiro atoms. The Bertz CT molecular complexity index is 601. The zero-order valence-electron chi connectivity index (χ0n) is 12.9. The van der Waals surface area contributed by atoms with Gasteiger partial charge in [0.05, 0.1) is 6.10 Å². The van der Waals surface area contributed by atoms with Crippen LogP contribution >= 0.6 is 0 Å². The highest BCUT2D eigenvalue weighted by molar-refractivity contribution is 5.75. The van der Waals surface area contributed by atoms with Crippen molar-refractivity contribution < 1.29 is 9.53 Å². The van der Waals surface area contributed by atoms with Gasteiger partial charge in [-0.2, -0.15) is 0 Å². The molecule has 1 fully saturated rings. The standard InChI is InChI=1S/C15H23N3O4/c1-17(8-5-12-4-2-3-11-22-12)14(20)7-10-18-9-6-13(19)16-15(18)21/h6,9,12H,2-5,7-8,10-11H2,1H3,(H,16,19,21)/t12-/m0/s1. The van der Waals surface area contributed by atoms with E-state index in [0.29, 0.717) is 6.54 Å². The fourth-order valence-electron chi connectivity index (χ4n) is 2.52. The molecule has 1 aliphatic heterocycles. The van der Waals surface area contributed by atoms with Crippen LogP contribution < -0.4 is 11.2 Å². The molecule has 1 amide bonds. The van der Waals surface area contributed by atoms with E-state index in [1.54, 1.807) is 11.9 Å². The lowest BCUT2D eigenvalue weighted by Gasteiger charge is -2.25. The minimum absolute atomic E-state index is 0.0195. The van der Waals surface area contributed by atoms with Crippen LogP contribution in [0.3, 0.4) is 0 Å². The Labute approximate surface area is 128 Å². The molecule has 1 aromatic rings. The lowest BCUT2D eigenvalue weighted by Crippen LogP contribution is -2.34. The van der Waals surface area contributed by atoms with E-state index in [4.69, 9.17) is 4.74 Å². The highest BCUT2D eigenvalue weighted by Gasteiger charge is 2.16. The summed E-state index contributed by atoms with van der Waals surface area (Å²) in [6, 6.07) is 1.27. The number of hydrogen-bond acceptors (Lipinski definition) is 4. The Kier molecular flexibility index (Phi) is 5.94. The van der Waals surface area contributed by atoms with Crippen molar-refractivity contribution in [1.29, 1.82) is 0 Å². The van der Waals surface area contributed by atoms with Gasteiger partial charge in [0.1, 0.15) is 0 Å². The minimum atomic E-state index is -0.487. The Hall–Kier alpha value is -1.89. The van der Waals surface area contributed by atoms with Crippen LogP contribution in [0.5, 0.6) is 0 Å². The predicted molar refractivity (Wildman–Crippen MR) is 81.8 cm³/mol. The number of aromatic nitrogens is 2. The van der Waals surface area contributed by atoms with Gasteiger partial charge in [0.2, 0.25) is 5.91 Å². The summed E-state index contributed by atoms with van der Waals surface area (Å²) in [7, 11) is 1.76. The molecule has 7 heteroatoms. The number of ether oxygens (including phenoxy) is 1. The largest absolute Gasteiger partial charge is 0.378 e. The summed E-state index contributed by atoms with van der Waals surface area (Å²) in [6.45, 7) is 1.74. The number of amides is 1. The molecule has 0 unspecified atom stereocenters. The van der Waals surface area contributed by atoms with Crippen molar-refractivity contribution in [1.82, 2.24) is 14.5 Å². The zero-order chi connectivity index (χ0) is 15.9. The Morgan fingerprint density at radius 3 is 2.95 bits per heavy atom. The maximum atomic E-state index is 12.1. The molecular formula is C15H23N3O4. The van der Waals surface area contributed by atoms with Gasteiger partial charge in [-0.25, -0.2) is 4.79 Å². The number of hydrogen-bond donors (Lipinski definition) is 1. The molecule has 122 valence electrons. The molecule has 0 bridgehead atoms. The molecule has 1 N–H and O–H groups in total. The molecule has 7 nitrogen and oxygen atoms in total. The average molecular weight is 309 g/mol. The molecule has 1 aliphatic rings. The van der Waals surface area contributed by atoms with Crippen LogP contribution in [0.4, 0.5) is 0 Å². The van der Waals surface area contributed by atoms with E-state index in [2.05, 4.69) is 4.98 Å². The van der Waals surface area contributed by atoms with Crippen molar-refractivity contribution in [2.75, 3.05) is 20.2 Å². The first-order valence-corrected chi connectivity index (χ1v) is 7.71. The van der Waals surface area contributed by atoms with Crippen LogP contribution in [-0.2, 0) is 16.1 Å². The van der Waals surface area contributed by atoms with Gasteiger partial charge in [0.15, 0.2) is 0 Å². The third-order valence-corrected chi connectivity index (χ3v) is 3.95. The van der Waals surface area contributed by atoms with Crippen LogP contribution in [0.25, 0.3) is 0 Å². The van der Waals surface area contributed by atoms with Gasteiger partial charge in [0, 0.05) is 45.4 Å². The van der Waals surface area contributed by atoms with Gasteiger partial charge in [0.25, 0.3) is 5.56 Å². The smallest absolute Gasteiger partial charge is 0.328 e. The Balaban J connectivity index is 1.76. The van der Waals surface area contributed by atoms with Crippen molar-refractivity contribution in [2.24, 2.45) is 0 Å². The molecule has 0 aliphatic carbocycles. The first kappa shape index (κ1) is 16.5. The van der Waals surface area contributed by atoms with E-state index in [9.17, 15) is 14.4 Å². The number of carbonyl (C=O) groups is 1. The normalized spacial score (nSPS) is 18.1. The molecule has 0 aromatic carbocycles. The topological polar surface area (TPSA) is 84.4 Å². The summed E-state index contributed by atoms with van der Waals surface area (Å²) >= 11 is 0. The highest BCUT2D eigenvalue weighted by atomic mass is 16.5. The van der Waals surface area contributed by atoms with Gasteiger partial charge in [-0.15, -0.1) is 0 Å². The van der Waals surface area contributed by atoms with Crippen molar-refractivity contribution in [2.45, 2.75) is 44.8 Å². The quantitative estimate of drug-likeness (QED) is 0.821. The van der Waals surface area contributed by atoms with E-state index in [1.165, 1.54) is 23.3 Å². The number of aromatic amines is 1. The Morgan fingerprint density at radius 2 is 2.27 bits per heavy atom. The summed E-state index contributed by atoms with van der Waals surface area (Å²) in [4.78, 5) is 38.4. The Morgan fingerprint density at radius 1 is 1.45 bits per heavy atom. The first-order chi connectivity index (χ1) is 10.6. The van der Waals surface area contributed by atoms with Gasteiger partial charge in [-0.1, -0.05) is 0 Å². The van der Waals surface area contributed by atoms with E-state index in [-0.39, 0.29) is 25.0 Å². The number of H-pyrrole nitrogens is 1. The highest BCUT2D eigenvalue weighted by Crippen LogP contribution is 2.15. The minimum Gasteiger partial charge on any atom is -0.378 e. The summed E-state index contributed by atoms with van der Waals surface area (Å²) in [6.07, 6.45) is 6.12. The average Bonchev–Trinajstić information content (AvgIpc) is 2.52. The maximum Gasteiger partial charge on any atom is 0.328 e. The first-order valence-electron chi connectivity index (χ1n) is 7.71. The summed E-state index contributed by atoms with van der Waals surface area (Å²) in [5.41, 5.74) is -0.921. The van der Waals surface area contributed by atoms with Crippen LogP contribution in [-0.4, -0.2) is 46.7 Å². The molecule has 0 saturated carbocycles. The fourth-order valence-corrected chi connectivity index (χ4v) is 2.52. The lowest BCUT2D eigenvalue weighted by atomic mass is 10.1. The van der Waals surface area contributed by atoms with Crippen LogP contribution in [0.15, 0.2) is 21.9 Å². The molecule has 22 heavy (non-hydrogen) atoms. The molecular weight excluding hydrogens is 286 g/mol. The third-order valence-electron chi connectivity index (χ3n) is 3.95. The maximum absolute atomic E-state index is 12.1. The molecule has 2 heterocycles. The van der Waals surface area contributed by atoms with E-state index < -0.39 is 11.2 Å². The molecule has 1 aromatic heterocycles. The van der Waals surface area contributed by atoms with Crippen molar-refractivity contribution in [3.8, 4) is 0 Å². The predicted octanol–water partition coefficient (Wildman–Crippen LogP) is 0.344. The number of nitrogens with one attached hydrogen (secondary N) is 1. The summed E-state index contributed by atoms with van der Waals surface area (Å²) < 4.78 is 6.98. The van der Waals surface area contributed by atoms with Gasteiger partial charge in [-0.05, 0) is 25.7 Å². The van der Waals surface area contributed by atoms with E-state index in [0.717, 1.165) is 25.9 Å². The second kappa shape index (κ2) is 7.93. The zero-order valence-corrected chi connectivity index (χ0v) is 12.9. The van der Waals surface area contributed by atoms with Crippen LogP contribution in [0, 0.1) is 0 Å².